The average Bonchev–Trinajstić information content (AvgIpc) is 2.66. The molecule has 6 heteroatoms. The fourth-order valence-electron chi connectivity index (χ4n) is 2.35. The Bertz CT molecular complexity index is 611. The third-order valence-electron chi connectivity index (χ3n) is 3.90. The van der Waals surface area contributed by atoms with Gasteiger partial charge >= 0.3 is 0 Å². The molecule has 0 unspecified atom stereocenters. The van der Waals surface area contributed by atoms with E-state index in [4.69, 9.17) is 12.2 Å². The lowest BCUT2D eigenvalue weighted by atomic mass is 10.0. The summed E-state index contributed by atoms with van der Waals surface area (Å²) in [7, 11) is -1.09. The second kappa shape index (κ2) is 5.33. The van der Waals surface area contributed by atoms with Crippen molar-refractivity contribution >= 4 is 32.9 Å². The van der Waals surface area contributed by atoms with E-state index in [-0.39, 0.29) is 11.5 Å². The zero-order valence-electron chi connectivity index (χ0n) is 12.0. The topological polar surface area (TPSA) is 49.4 Å². The predicted molar refractivity (Wildman–Crippen MR) is 86.8 cm³/mol. The van der Waals surface area contributed by atoms with Gasteiger partial charge in [-0.15, -0.1) is 0 Å². The van der Waals surface area contributed by atoms with Crippen LogP contribution >= 0.6 is 12.2 Å². The van der Waals surface area contributed by atoms with Crippen molar-refractivity contribution in [2.75, 3.05) is 23.9 Å². The highest BCUT2D eigenvalue weighted by atomic mass is 32.2. The van der Waals surface area contributed by atoms with Gasteiger partial charge in [-0.05, 0) is 44.6 Å². The second-order valence-electron chi connectivity index (χ2n) is 5.69. The molecule has 1 heterocycles. The normalized spacial score (nSPS) is 24.4. The van der Waals surface area contributed by atoms with Crippen LogP contribution in [0.1, 0.15) is 18.9 Å². The molecule has 1 aliphatic rings. The van der Waals surface area contributed by atoms with E-state index in [2.05, 4.69) is 5.32 Å². The summed E-state index contributed by atoms with van der Waals surface area (Å²) in [5, 5.41) is 3.71. The molecule has 0 aromatic heterocycles. The van der Waals surface area contributed by atoms with Crippen LogP contribution in [0, 0.1) is 6.92 Å². The summed E-state index contributed by atoms with van der Waals surface area (Å²) in [5.74, 6) is 0.396. The lowest BCUT2D eigenvalue weighted by molar-refractivity contribution is 0.266. The molecule has 0 radical (unpaired) electrons. The predicted octanol–water partition coefficient (Wildman–Crippen LogP) is 2.20. The number of benzene rings is 1. The van der Waals surface area contributed by atoms with E-state index in [1.165, 1.54) is 5.56 Å². The molecule has 20 heavy (non-hydrogen) atoms. The van der Waals surface area contributed by atoms with Gasteiger partial charge in [0.05, 0.1) is 17.0 Å². The summed E-state index contributed by atoms with van der Waals surface area (Å²) in [4.78, 5) is 1.87. The Labute approximate surface area is 126 Å². The average molecular weight is 312 g/mol. The number of nitrogens with one attached hydrogen (secondary N) is 1. The Hall–Kier alpha value is -1.14. The molecule has 1 fully saturated rings. The van der Waals surface area contributed by atoms with Gasteiger partial charge in [-0.2, -0.15) is 0 Å². The highest BCUT2D eigenvalue weighted by molar-refractivity contribution is 7.91. The van der Waals surface area contributed by atoms with Gasteiger partial charge in [0.25, 0.3) is 0 Å². The Kier molecular flexibility index (Phi) is 4.07. The quantitative estimate of drug-likeness (QED) is 0.849. The highest BCUT2D eigenvalue weighted by Gasteiger charge is 2.42. The third-order valence-corrected chi connectivity index (χ3v) is 6.16. The number of nitrogens with zero attached hydrogens (tertiary/aromatic N) is 1. The van der Waals surface area contributed by atoms with Crippen molar-refractivity contribution in [1.82, 2.24) is 4.90 Å². The smallest absolute Gasteiger partial charge is 0.173 e. The van der Waals surface area contributed by atoms with E-state index in [1.807, 2.05) is 50.1 Å². The fourth-order valence-corrected chi connectivity index (χ4v) is 4.87. The maximum Gasteiger partial charge on any atom is 0.173 e. The van der Waals surface area contributed by atoms with Crippen LogP contribution in [0.3, 0.4) is 0 Å². The van der Waals surface area contributed by atoms with Crippen LogP contribution in [0.4, 0.5) is 5.69 Å². The zero-order chi connectivity index (χ0) is 15.0. The van der Waals surface area contributed by atoms with Crippen LogP contribution < -0.4 is 5.32 Å². The van der Waals surface area contributed by atoms with Gasteiger partial charge < -0.3 is 10.2 Å². The van der Waals surface area contributed by atoms with E-state index < -0.39 is 15.4 Å². The molecule has 1 aliphatic heterocycles. The first kappa shape index (κ1) is 15.3. The summed E-state index contributed by atoms with van der Waals surface area (Å²) < 4.78 is 23.4. The number of thiocarbonyl (C=S) groups is 1. The Morgan fingerprint density at radius 3 is 2.45 bits per heavy atom. The molecule has 0 aliphatic carbocycles. The van der Waals surface area contributed by atoms with Gasteiger partial charge in [0.15, 0.2) is 14.9 Å². The maximum absolute atomic E-state index is 11.7. The second-order valence-corrected chi connectivity index (χ2v) is 8.26. The fraction of sp³-hybridized carbons (Fsp3) is 0.500. The number of sulfone groups is 1. The van der Waals surface area contributed by atoms with Crippen molar-refractivity contribution in [2.45, 2.75) is 25.8 Å². The summed E-state index contributed by atoms with van der Waals surface area (Å²) in [5.41, 5.74) is 1.67. The van der Waals surface area contributed by atoms with E-state index in [0.29, 0.717) is 11.5 Å². The summed E-state index contributed by atoms with van der Waals surface area (Å²) in [6.07, 6.45) is 0.613. The van der Waals surface area contributed by atoms with E-state index >= 15 is 0 Å². The van der Waals surface area contributed by atoms with Crippen LogP contribution in [0.15, 0.2) is 24.3 Å². The number of rotatable bonds is 2. The largest absolute Gasteiger partial charge is 0.346 e. The van der Waals surface area contributed by atoms with Crippen LogP contribution in [-0.4, -0.2) is 42.5 Å². The maximum atomic E-state index is 11.7. The van der Waals surface area contributed by atoms with Gasteiger partial charge in [-0.3, -0.25) is 0 Å². The molecule has 1 aromatic rings. The van der Waals surface area contributed by atoms with Crippen molar-refractivity contribution in [2.24, 2.45) is 0 Å². The molecule has 0 bridgehead atoms. The molecule has 1 aromatic carbocycles. The van der Waals surface area contributed by atoms with Crippen molar-refractivity contribution in [3.8, 4) is 0 Å². The van der Waals surface area contributed by atoms with Crippen LogP contribution in [0.2, 0.25) is 0 Å². The number of aryl methyl sites for hydroxylation is 1. The minimum absolute atomic E-state index is 0.159. The minimum atomic E-state index is -2.94. The lowest BCUT2D eigenvalue weighted by Gasteiger charge is -2.36. The molecule has 4 nitrogen and oxygen atoms in total. The van der Waals surface area contributed by atoms with Crippen LogP contribution in [-0.2, 0) is 9.84 Å². The highest BCUT2D eigenvalue weighted by Crippen LogP contribution is 2.29. The molecule has 0 spiro atoms. The number of anilines is 1. The molecule has 1 saturated heterocycles. The zero-order valence-corrected chi connectivity index (χ0v) is 13.6. The standard InChI is InChI=1S/C14H20N2O2S2/c1-11-4-6-12(7-5-11)15-13(19)16(3)14(2)8-9-20(17,18)10-14/h4-7H,8-10H2,1-3H3,(H,15,19)/t14-/m0/s1. The molecule has 110 valence electrons. The van der Waals surface area contributed by atoms with Crippen LogP contribution in [0.5, 0.6) is 0 Å². The van der Waals surface area contributed by atoms with Crippen molar-refractivity contribution in [1.29, 1.82) is 0 Å². The Morgan fingerprint density at radius 2 is 1.95 bits per heavy atom. The third kappa shape index (κ3) is 3.30. The van der Waals surface area contributed by atoms with Crippen LogP contribution in [0.25, 0.3) is 0 Å². The van der Waals surface area contributed by atoms with Gasteiger partial charge in [0, 0.05) is 12.7 Å². The molecule has 2 rings (SSSR count). The molecule has 0 saturated carbocycles. The number of hydrogen-bond donors (Lipinski definition) is 1. The van der Waals surface area contributed by atoms with Crippen molar-refractivity contribution < 1.29 is 8.42 Å². The minimum Gasteiger partial charge on any atom is -0.346 e. The molecule has 1 N–H and O–H groups in total. The van der Waals surface area contributed by atoms with Crippen molar-refractivity contribution in [3.63, 3.8) is 0 Å². The monoisotopic (exact) mass is 312 g/mol. The van der Waals surface area contributed by atoms with Crippen molar-refractivity contribution in [3.05, 3.63) is 29.8 Å². The lowest BCUT2D eigenvalue weighted by Crippen LogP contribution is -2.49. The van der Waals surface area contributed by atoms with Gasteiger partial charge in [-0.25, -0.2) is 8.42 Å². The van der Waals surface area contributed by atoms with Gasteiger partial charge in [0.2, 0.25) is 0 Å². The molecular weight excluding hydrogens is 292 g/mol. The van der Waals surface area contributed by atoms with E-state index in [0.717, 1.165) is 5.69 Å². The Balaban J connectivity index is 2.07. The van der Waals surface area contributed by atoms with Gasteiger partial charge in [-0.1, -0.05) is 17.7 Å². The number of hydrogen-bond acceptors (Lipinski definition) is 3. The Morgan fingerprint density at radius 1 is 1.35 bits per heavy atom. The van der Waals surface area contributed by atoms with E-state index in [9.17, 15) is 8.42 Å². The van der Waals surface area contributed by atoms with Gasteiger partial charge in [0.1, 0.15) is 0 Å². The van der Waals surface area contributed by atoms with E-state index in [1.54, 1.807) is 0 Å². The first-order chi connectivity index (χ1) is 9.22. The summed E-state index contributed by atoms with van der Waals surface area (Å²) >= 11 is 5.39. The molecule has 1 atom stereocenters. The molecular formula is C14H20N2O2S2. The molecule has 0 amide bonds. The summed E-state index contributed by atoms with van der Waals surface area (Å²) in [6, 6.07) is 7.94. The summed E-state index contributed by atoms with van der Waals surface area (Å²) in [6.45, 7) is 3.97. The SMILES string of the molecule is Cc1ccc(NC(=S)N(C)[C@@]2(C)CCS(=O)(=O)C2)cc1. The first-order valence-corrected chi connectivity index (χ1v) is 8.77. The first-order valence-electron chi connectivity index (χ1n) is 6.54.